The minimum Gasteiger partial charge on any atom is -0.496 e. The number of aliphatic hydroxyl groups is 1. The van der Waals surface area contributed by atoms with Crippen molar-refractivity contribution < 1.29 is 9.84 Å². The molecule has 0 aliphatic rings. The summed E-state index contributed by atoms with van der Waals surface area (Å²) >= 11 is 0. The predicted octanol–water partition coefficient (Wildman–Crippen LogP) is 2.03. The van der Waals surface area contributed by atoms with E-state index in [1.807, 2.05) is 19.1 Å². The van der Waals surface area contributed by atoms with E-state index in [2.05, 4.69) is 48.9 Å². The van der Waals surface area contributed by atoms with E-state index in [0.29, 0.717) is 30.9 Å². The van der Waals surface area contributed by atoms with Gasteiger partial charge in [-0.25, -0.2) is 4.98 Å². The summed E-state index contributed by atoms with van der Waals surface area (Å²) in [5.74, 6) is 2.32. The van der Waals surface area contributed by atoms with Crippen LogP contribution in [-0.4, -0.2) is 55.5 Å². The van der Waals surface area contributed by atoms with Crippen molar-refractivity contribution in [3.8, 4) is 5.75 Å². The van der Waals surface area contributed by atoms with E-state index in [1.54, 1.807) is 7.11 Å². The van der Waals surface area contributed by atoms with Crippen LogP contribution < -0.4 is 15.8 Å². The van der Waals surface area contributed by atoms with E-state index in [1.165, 1.54) is 0 Å². The standard InChI is InChI=1S/C21H30N8O2/c1-4-5-16(8-9-30)24-20-17(13(2)23-21(22)25-20)12-15-10-14(6-7-18(15)31-3)11-19-26-28-29-27-19/h6-7,10,16,30H,4-5,8-9,11-12H2,1-3H3,(H3,22,23,24,25)(H,26,27,28,29)/t16-/m0/s1. The Labute approximate surface area is 181 Å². The number of nitrogen functional groups attached to an aromatic ring is 1. The first-order chi connectivity index (χ1) is 15.0. The molecule has 0 fully saturated rings. The summed E-state index contributed by atoms with van der Waals surface area (Å²) in [5, 5.41) is 27.1. The van der Waals surface area contributed by atoms with Crippen LogP contribution in [0.25, 0.3) is 0 Å². The Morgan fingerprint density at radius 3 is 2.74 bits per heavy atom. The van der Waals surface area contributed by atoms with Crippen molar-refractivity contribution in [3.05, 3.63) is 46.4 Å². The van der Waals surface area contributed by atoms with Crippen molar-refractivity contribution in [2.45, 2.75) is 52.0 Å². The SMILES string of the molecule is CCC[C@@H](CCO)Nc1nc(N)nc(C)c1Cc1cc(Cc2nn[nH]n2)ccc1OC. The zero-order valence-corrected chi connectivity index (χ0v) is 18.2. The molecule has 10 nitrogen and oxygen atoms in total. The number of rotatable bonds is 11. The topological polar surface area (TPSA) is 148 Å². The molecule has 0 saturated heterocycles. The van der Waals surface area contributed by atoms with E-state index in [9.17, 15) is 5.11 Å². The zero-order valence-electron chi connectivity index (χ0n) is 18.2. The van der Waals surface area contributed by atoms with Gasteiger partial charge in [0.25, 0.3) is 0 Å². The molecule has 0 spiro atoms. The maximum Gasteiger partial charge on any atom is 0.222 e. The lowest BCUT2D eigenvalue weighted by Gasteiger charge is -2.21. The summed E-state index contributed by atoms with van der Waals surface area (Å²) in [6.45, 7) is 4.15. The lowest BCUT2D eigenvalue weighted by atomic mass is 9.99. The fraction of sp³-hybridized carbons (Fsp3) is 0.476. The van der Waals surface area contributed by atoms with Gasteiger partial charge in [0.05, 0.1) is 7.11 Å². The summed E-state index contributed by atoms with van der Waals surface area (Å²) in [5.41, 5.74) is 9.74. The second kappa shape index (κ2) is 10.7. The summed E-state index contributed by atoms with van der Waals surface area (Å²) < 4.78 is 5.60. The summed E-state index contributed by atoms with van der Waals surface area (Å²) in [7, 11) is 1.65. The first kappa shape index (κ1) is 22.4. The highest BCUT2D eigenvalue weighted by Gasteiger charge is 2.17. The molecule has 0 aliphatic carbocycles. The van der Waals surface area contributed by atoms with Gasteiger partial charge in [-0.1, -0.05) is 30.7 Å². The quantitative estimate of drug-likeness (QED) is 0.361. The molecule has 0 aliphatic heterocycles. The number of nitrogens with one attached hydrogen (secondary N) is 2. The van der Waals surface area contributed by atoms with Crippen molar-refractivity contribution in [1.29, 1.82) is 0 Å². The normalized spacial score (nSPS) is 12.0. The molecule has 1 aromatic carbocycles. The first-order valence-electron chi connectivity index (χ1n) is 10.4. The molecule has 0 radical (unpaired) electrons. The largest absolute Gasteiger partial charge is 0.496 e. The number of methoxy groups -OCH3 is 1. The molecular formula is C21H30N8O2. The number of hydrogen-bond donors (Lipinski definition) is 4. The number of nitrogens with two attached hydrogens (primary N) is 1. The van der Waals surface area contributed by atoms with Gasteiger partial charge in [-0.3, -0.25) is 0 Å². The number of anilines is 2. The van der Waals surface area contributed by atoms with Gasteiger partial charge in [-0.15, -0.1) is 10.2 Å². The molecule has 3 rings (SSSR count). The maximum absolute atomic E-state index is 9.43. The van der Waals surface area contributed by atoms with Crippen LogP contribution in [0.1, 0.15) is 54.4 Å². The number of aliphatic hydroxyl groups excluding tert-OH is 1. The summed E-state index contributed by atoms with van der Waals surface area (Å²) in [6.07, 6.45) is 3.69. The Morgan fingerprint density at radius 1 is 1.23 bits per heavy atom. The third kappa shape index (κ3) is 5.88. The number of aromatic nitrogens is 6. The van der Waals surface area contributed by atoms with Crippen LogP contribution in [0.5, 0.6) is 5.75 Å². The number of hydrogen-bond acceptors (Lipinski definition) is 9. The minimum atomic E-state index is 0.105. The van der Waals surface area contributed by atoms with Gasteiger partial charge < -0.3 is 20.9 Å². The van der Waals surface area contributed by atoms with Gasteiger partial charge in [0, 0.05) is 36.7 Å². The van der Waals surface area contributed by atoms with Gasteiger partial charge in [0.1, 0.15) is 11.6 Å². The zero-order chi connectivity index (χ0) is 22.2. The number of ether oxygens (including phenoxy) is 1. The van der Waals surface area contributed by atoms with Gasteiger partial charge in [-0.2, -0.15) is 10.2 Å². The van der Waals surface area contributed by atoms with Crippen LogP contribution in [0.4, 0.5) is 11.8 Å². The maximum atomic E-state index is 9.43. The van der Waals surface area contributed by atoms with Crippen LogP contribution in [0.3, 0.4) is 0 Å². The second-order valence-electron chi connectivity index (χ2n) is 7.46. The molecule has 5 N–H and O–H groups in total. The Balaban J connectivity index is 1.93. The lowest BCUT2D eigenvalue weighted by molar-refractivity contribution is 0.276. The van der Waals surface area contributed by atoms with Crippen molar-refractivity contribution >= 4 is 11.8 Å². The number of aromatic amines is 1. The first-order valence-corrected chi connectivity index (χ1v) is 10.4. The molecule has 1 atom stereocenters. The predicted molar refractivity (Wildman–Crippen MR) is 118 cm³/mol. The van der Waals surface area contributed by atoms with Crippen molar-refractivity contribution in [2.75, 3.05) is 24.8 Å². The second-order valence-corrected chi connectivity index (χ2v) is 7.46. The molecule has 0 unspecified atom stereocenters. The molecular weight excluding hydrogens is 396 g/mol. The van der Waals surface area contributed by atoms with Crippen molar-refractivity contribution in [2.24, 2.45) is 0 Å². The van der Waals surface area contributed by atoms with E-state index in [0.717, 1.165) is 41.0 Å². The number of benzene rings is 1. The van der Waals surface area contributed by atoms with Gasteiger partial charge in [0.2, 0.25) is 5.95 Å². The molecule has 0 bridgehead atoms. The average Bonchev–Trinajstić information content (AvgIpc) is 3.24. The Bertz CT molecular complexity index is 972. The molecule has 2 aromatic heterocycles. The summed E-state index contributed by atoms with van der Waals surface area (Å²) in [4.78, 5) is 8.85. The van der Waals surface area contributed by atoms with Gasteiger partial charge in [-0.05, 0) is 37.0 Å². The highest BCUT2D eigenvalue weighted by molar-refractivity contribution is 5.54. The van der Waals surface area contributed by atoms with Crippen LogP contribution in [0.15, 0.2) is 18.2 Å². The van der Waals surface area contributed by atoms with Gasteiger partial charge in [0.15, 0.2) is 5.82 Å². The van der Waals surface area contributed by atoms with E-state index >= 15 is 0 Å². The smallest absolute Gasteiger partial charge is 0.222 e. The number of tetrazole rings is 1. The molecule has 0 saturated carbocycles. The average molecular weight is 427 g/mol. The van der Waals surface area contributed by atoms with E-state index in [4.69, 9.17) is 10.5 Å². The Kier molecular flexibility index (Phi) is 7.71. The van der Waals surface area contributed by atoms with Gasteiger partial charge >= 0.3 is 0 Å². The fourth-order valence-corrected chi connectivity index (χ4v) is 3.65. The number of H-pyrrole nitrogens is 1. The van der Waals surface area contributed by atoms with Crippen molar-refractivity contribution in [1.82, 2.24) is 30.6 Å². The van der Waals surface area contributed by atoms with E-state index < -0.39 is 0 Å². The lowest BCUT2D eigenvalue weighted by Crippen LogP contribution is -2.23. The van der Waals surface area contributed by atoms with Crippen LogP contribution in [0, 0.1) is 6.92 Å². The molecule has 0 amide bonds. The monoisotopic (exact) mass is 426 g/mol. The minimum absolute atomic E-state index is 0.105. The Hall–Kier alpha value is -3.27. The summed E-state index contributed by atoms with van der Waals surface area (Å²) in [6, 6.07) is 6.11. The molecule has 31 heavy (non-hydrogen) atoms. The third-order valence-electron chi connectivity index (χ3n) is 5.15. The van der Waals surface area contributed by atoms with Crippen molar-refractivity contribution in [3.63, 3.8) is 0 Å². The molecule has 2 heterocycles. The number of aryl methyl sites for hydroxylation is 1. The highest BCUT2D eigenvalue weighted by atomic mass is 16.5. The number of nitrogens with zero attached hydrogens (tertiary/aromatic N) is 5. The molecule has 166 valence electrons. The fourth-order valence-electron chi connectivity index (χ4n) is 3.65. The third-order valence-corrected chi connectivity index (χ3v) is 5.15. The highest BCUT2D eigenvalue weighted by Crippen LogP contribution is 2.28. The van der Waals surface area contributed by atoms with Crippen LogP contribution >= 0.6 is 0 Å². The molecule has 3 aromatic rings. The van der Waals surface area contributed by atoms with Crippen LogP contribution in [-0.2, 0) is 12.8 Å². The molecule has 10 heteroatoms. The van der Waals surface area contributed by atoms with Crippen LogP contribution in [0.2, 0.25) is 0 Å². The Morgan fingerprint density at radius 2 is 2.06 bits per heavy atom. The van der Waals surface area contributed by atoms with E-state index in [-0.39, 0.29) is 18.6 Å².